The van der Waals surface area contributed by atoms with Gasteiger partial charge in [0.05, 0.1) is 6.07 Å². The minimum Gasteiger partial charge on any atom is -0.378 e. The van der Waals surface area contributed by atoms with Gasteiger partial charge in [-0.1, -0.05) is 19.9 Å². The zero-order valence-corrected chi connectivity index (χ0v) is 11.3. The third-order valence-electron chi connectivity index (χ3n) is 2.72. The van der Waals surface area contributed by atoms with Crippen LogP contribution in [-0.4, -0.2) is 26.0 Å². The van der Waals surface area contributed by atoms with Gasteiger partial charge in [0.1, 0.15) is 6.04 Å². The Kier molecular flexibility index (Phi) is 4.73. The molecule has 0 spiro atoms. The van der Waals surface area contributed by atoms with Crippen molar-refractivity contribution < 1.29 is 4.79 Å². The smallest absolute Gasteiger partial charge is 0.252 e. The molecule has 0 saturated heterocycles. The van der Waals surface area contributed by atoms with E-state index in [4.69, 9.17) is 5.26 Å². The number of carbonyl (C=O) groups is 1. The molecule has 96 valence electrons. The first kappa shape index (κ1) is 14.0. The second-order valence-corrected chi connectivity index (χ2v) is 4.77. The lowest BCUT2D eigenvalue weighted by Gasteiger charge is -2.16. The Hall–Kier alpha value is -2.02. The molecule has 1 amide bonds. The molecule has 1 aromatic carbocycles. The van der Waals surface area contributed by atoms with Crippen LogP contribution in [-0.2, 0) is 0 Å². The number of hydrogen-bond acceptors (Lipinski definition) is 3. The van der Waals surface area contributed by atoms with Crippen LogP contribution in [0.1, 0.15) is 24.2 Å². The molecule has 1 unspecified atom stereocenters. The van der Waals surface area contributed by atoms with E-state index in [1.54, 1.807) is 6.07 Å². The van der Waals surface area contributed by atoms with Crippen molar-refractivity contribution in [2.24, 2.45) is 5.92 Å². The summed E-state index contributed by atoms with van der Waals surface area (Å²) in [5, 5.41) is 11.7. The van der Waals surface area contributed by atoms with Crippen molar-refractivity contribution in [3.05, 3.63) is 29.8 Å². The maximum absolute atomic E-state index is 12.0. The monoisotopic (exact) mass is 245 g/mol. The number of rotatable bonds is 4. The van der Waals surface area contributed by atoms with Crippen molar-refractivity contribution in [3.63, 3.8) is 0 Å². The van der Waals surface area contributed by atoms with Gasteiger partial charge in [-0.05, 0) is 24.1 Å². The van der Waals surface area contributed by atoms with Gasteiger partial charge in [0, 0.05) is 25.3 Å². The highest BCUT2D eigenvalue weighted by atomic mass is 16.1. The van der Waals surface area contributed by atoms with Crippen LogP contribution in [0.3, 0.4) is 0 Å². The highest BCUT2D eigenvalue weighted by Gasteiger charge is 2.16. The SMILES string of the molecule is CC(C)C(C#N)NC(=O)c1cccc(N(C)C)c1. The molecule has 4 heteroatoms. The normalized spacial score (nSPS) is 11.8. The fraction of sp³-hybridized carbons (Fsp3) is 0.429. The van der Waals surface area contributed by atoms with Gasteiger partial charge in [-0.15, -0.1) is 0 Å². The van der Waals surface area contributed by atoms with E-state index in [0.717, 1.165) is 5.69 Å². The molecular formula is C14H19N3O. The summed E-state index contributed by atoms with van der Waals surface area (Å²) in [5.74, 6) is -0.116. The number of benzene rings is 1. The third kappa shape index (κ3) is 3.49. The highest BCUT2D eigenvalue weighted by Crippen LogP contribution is 2.13. The minimum absolute atomic E-state index is 0.0935. The van der Waals surface area contributed by atoms with Crippen LogP contribution in [0.15, 0.2) is 24.3 Å². The van der Waals surface area contributed by atoms with Crippen molar-refractivity contribution in [3.8, 4) is 6.07 Å². The lowest BCUT2D eigenvalue weighted by atomic mass is 10.1. The zero-order valence-electron chi connectivity index (χ0n) is 11.3. The number of anilines is 1. The number of amides is 1. The van der Waals surface area contributed by atoms with Gasteiger partial charge in [0.25, 0.3) is 5.91 Å². The van der Waals surface area contributed by atoms with Gasteiger partial charge in [0.15, 0.2) is 0 Å². The van der Waals surface area contributed by atoms with Crippen LogP contribution in [0.5, 0.6) is 0 Å². The van der Waals surface area contributed by atoms with E-state index < -0.39 is 6.04 Å². The van der Waals surface area contributed by atoms with E-state index in [1.165, 1.54) is 0 Å². The zero-order chi connectivity index (χ0) is 13.7. The molecule has 0 aromatic heterocycles. The van der Waals surface area contributed by atoms with E-state index in [2.05, 4.69) is 11.4 Å². The van der Waals surface area contributed by atoms with Gasteiger partial charge in [-0.2, -0.15) is 5.26 Å². The molecule has 18 heavy (non-hydrogen) atoms. The Labute approximate surface area is 108 Å². The summed E-state index contributed by atoms with van der Waals surface area (Å²) in [6, 6.07) is 8.96. The molecule has 0 aliphatic rings. The lowest BCUT2D eigenvalue weighted by molar-refractivity contribution is 0.0937. The average molecular weight is 245 g/mol. The van der Waals surface area contributed by atoms with Crippen molar-refractivity contribution in [2.45, 2.75) is 19.9 Å². The molecule has 1 aromatic rings. The van der Waals surface area contributed by atoms with Crippen LogP contribution in [0.2, 0.25) is 0 Å². The topological polar surface area (TPSA) is 56.1 Å². The molecule has 0 bridgehead atoms. The third-order valence-corrected chi connectivity index (χ3v) is 2.72. The van der Waals surface area contributed by atoms with E-state index in [0.29, 0.717) is 5.56 Å². The molecule has 0 fully saturated rings. The van der Waals surface area contributed by atoms with E-state index in [-0.39, 0.29) is 11.8 Å². The number of carbonyl (C=O) groups excluding carboxylic acids is 1. The maximum Gasteiger partial charge on any atom is 0.252 e. The first-order valence-corrected chi connectivity index (χ1v) is 5.93. The van der Waals surface area contributed by atoms with Gasteiger partial charge in [-0.25, -0.2) is 0 Å². The Morgan fingerprint density at radius 3 is 2.56 bits per heavy atom. The van der Waals surface area contributed by atoms with Gasteiger partial charge in [0.2, 0.25) is 0 Å². The number of nitrogens with one attached hydrogen (secondary N) is 1. The lowest BCUT2D eigenvalue weighted by Crippen LogP contribution is -2.37. The van der Waals surface area contributed by atoms with E-state index >= 15 is 0 Å². The van der Waals surface area contributed by atoms with Crippen molar-refractivity contribution in [1.29, 1.82) is 5.26 Å². The standard InChI is InChI=1S/C14H19N3O/c1-10(2)13(9-15)16-14(18)11-6-5-7-12(8-11)17(3)4/h5-8,10,13H,1-4H3,(H,16,18). The molecule has 1 atom stereocenters. The summed E-state index contributed by atoms with van der Waals surface area (Å²) in [7, 11) is 3.84. The first-order valence-electron chi connectivity index (χ1n) is 5.93. The average Bonchev–Trinajstić information content (AvgIpc) is 2.35. The highest BCUT2D eigenvalue weighted by molar-refractivity contribution is 5.95. The molecule has 0 aliphatic carbocycles. The fourth-order valence-corrected chi connectivity index (χ4v) is 1.50. The number of nitriles is 1. The summed E-state index contributed by atoms with van der Waals surface area (Å²) in [4.78, 5) is 13.9. The van der Waals surface area contributed by atoms with Gasteiger partial charge < -0.3 is 10.2 Å². The minimum atomic E-state index is -0.458. The van der Waals surface area contributed by atoms with E-state index in [1.807, 2.05) is 51.0 Å². The fourth-order valence-electron chi connectivity index (χ4n) is 1.50. The van der Waals surface area contributed by atoms with Crippen LogP contribution >= 0.6 is 0 Å². The second-order valence-electron chi connectivity index (χ2n) is 4.77. The number of nitrogens with zero attached hydrogens (tertiary/aromatic N) is 2. The molecule has 4 nitrogen and oxygen atoms in total. The molecule has 0 heterocycles. The predicted octanol–water partition coefficient (Wildman–Crippen LogP) is 2.03. The molecule has 0 radical (unpaired) electrons. The molecule has 1 rings (SSSR count). The van der Waals surface area contributed by atoms with Crippen molar-refractivity contribution in [2.75, 3.05) is 19.0 Å². The van der Waals surface area contributed by atoms with Gasteiger partial charge in [-0.3, -0.25) is 4.79 Å². The van der Waals surface area contributed by atoms with Crippen LogP contribution in [0.25, 0.3) is 0 Å². The second kappa shape index (κ2) is 6.06. The van der Waals surface area contributed by atoms with Crippen LogP contribution < -0.4 is 10.2 Å². The first-order chi connectivity index (χ1) is 8.45. The van der Waals surface area contributed by atoms with Crippen LogP contribution in [0, 0.1) is 17.2 Å². The summed E-state index contributed by atoms with van der Waals surface area (Å²) in [6.45, 7) is 3.81. The number of hydrogen-bond donors (Lipinski definition) is 1. The van der Waals surface area contributed by atoms with Gasteiger partial charge >= 0.3 is 0 Å². The summed E-state index contributed by atoms with van der Waals surface area (Å²) >= 11 is 0. The Balaban J connectivity index is 2.85. The molecule has 0 aliphatic heterocycles. The van der Waals surface area contributed by atoms with Crippen molar-refractivity contribution >= 4 is 11.6 Å². The van der Waals surface area contributed by atoms with Crippen LogP contribution in [0.4, 0.5) is 5.69 Å². The molecular weight excluding hydrogens is 226 g/mol. The Bertz CT molecular complexity index is 460. The summed E-state index contributed by atoms with van der Waals surface area (Å²) in [6.07, 6.45) is 0. The molecule has 1 N–H and O–H groups in total. The maximum atomic E-state index is 12.0. The summed E-state index contributed by atoms with van der Waals surface area (Å²) in [5.41, 5.74) is 1.53. The largest absolute Gasteiger partial charge is 0.378 e. The summed E-state index contributed by atoms with van der Waals surface area (Å²) < 4.78 is 0. The Morgan fingerprint density at radius 2 is 2.06 bits per heavy atom. The quantitative estimate of drug-likeness (QED) is 0.883. The predicted molar refractivity (Wildman–Crippen MR) is 72.5 cm³/mol. The Morgan fingerprint density at radius 1 is 1.39 bits per heavy atom. The molecule has 0 saturated carbocycles. The van der Waals surface area contributed by atoms with E-state index in [9.17, 15) is 4.79 Å². The van der Waals surface area contributed by atoms with Crippen molar-refractivity contribution in [1.82, 2.24) is 5.32 Å².